The fourth-order valence-corrected chi connectivity index (χ4v) is 2.20. The number of nitrogens with two attached hydrogens (primary N) is 1. The molecule has 6 heteroatoms. The van der Waals surface area contributed by atoms with Crippen LogP contribution in [-0.2, 0) is 0 Å². The molecule has 3 N–H and O–H groups in total. The first-order chi connectivity index (χ1) is 9.19. The van der Waals surface area contributed by atoms with E-state index in [2.05, 4.69) is 22.1 Å². The standard InChI is InChI=1S/C13H10ClN3OS/c14-10-4-1-3-9(7-10)12(18)17-13-16-8-11(19-13)5-2-6-15/h1,3-4,7-8H,6,15H2,(H,16,17,18). The average molecular weight is 292 g/mol. The molecular weight excluding hydrogens is 282 g/mol. The molecule has 1 aromatic heterocycles. The highest BCUT2D eigenvalue weighted by atomic mass is 35.5. The van der Waals surface area contributed by atoms with Gasteiger partial charge in [-0.15, -0.1) is 0 Å². The van der Waals surface area contributed by atoms with Gasteiger partial charge in [-0.25, -0.2) is 4.98 Å². The molecule has 4 nitrogen and oxygen atoms in total. The Kier molecular flexibility index (Phi) is 4.53. The van der Waals surface area contributed by atoms with Crippen molar-refractivity contribution >= 4 is 34.0 Å². The van der Waals surface area contributed by atoms with E-state index >= 15 is 0 Å². The maximum absolute atomic E-state index is 11.9. The fourth-order valence-electron chi connectivity index (χ4n) is 1.33. The van der Waals surface area contributed by atoms with Crippen molar-refractivity contribution in [3.05, 3.63) is 45.9 Å². The number of nitrogens with one attached hydrogen (secondary N) is 1. The van der Waals surface area contributed by atoms with Gasteiger partial charge in [0.15, 0.2) is 5.13 Å². The molecule has 2 rings (SSSR count). The average Bonchev–Trinajstić information content (AvgIpc) is 2.84. The Hall–Kier alpha value is -1.87. The van der Waals surface area contributed by atoms with Crippen molar-refractivity contribution in [2.45, 2.75) is 0 Å². The summed E-state index contributed by atoms with van der Waals surface area (Å²) in [5.41, 5.74) is 5.77. The molecule has 0 aliphatic carbocycles. The largest absolute Gasteiger partial charge is 0.320 e. The van der Waals surface area contributed by atoms with E-state index in [0.29, 0.717) is 22.3 Å². The van der Waals surface area contributed by atoms with Gasteiger partial charge in [-0.05, 0) is 18.2 Å². The molecule has 0 saturated heterocycles. The van der Waals surface area contributed by atoms with Gasteiger partial charge in [0.25, 0.3) is 5.91 Å². The minimum atomic E-state index is -0.254. The summed E-state index contributed by atoms with van der Waals surface area (Å²) in [4.78, 5) is 16.8. The highest BCUT2D eigenvalue weighted by Gasteiger charge is 2.08. The van der Waals surface area contributed by atoms with Crippen LogP contribution in [0.1, 0.15) is 15.2 Å². The number of nitrogens with zero attached hydrogens (tertiary/aromatic N) is 1. The SMILES string of the molecule is NCC#Cc1cnc(NC(=O)c2cccc(Cl)c2)s1. The normalized spacial score (nSPS) is 9.58. The van der Waals surface area contributed by atoms with Crippen molar-refractivity contribution in [1.29, 1.82) is 0 Å². The summed E-state index contributed by atoms with van der Waals surface area (Å²) >= 11 is 7.12. The number of halogens is 1. The topological polar surface area (TPSA) is 68.0 Å². The molecule has 0 aliphatic heterocycles. The summed E-state index contributed by atoms with van der Waals surface area (Å²) in [6, 6.07) is 6.71. The van der Waals surface area contributed by atoms with Crippen LogP contribution in [0.2, 0.25) is 5.02 Å². The second-order valence-electron chi connectivity index (χ2n) is 3.50. The third kappa shape index (κ3) is 3.80. The highest BCUT2D eigenvalue weighted by Crippen LogP contribution is 2.18. The van der Waals surface area contributed by atoms with E-state index in [9.17, 15) is 4.79 Å². The summed E-state index contributed by atoms with van der Waals surface area (Å²) < 4.78 is 0. The van der Waals surface area contributed by atoms with Crippen LogP contribution in [-0.4, -0.2) is 17.4 Å². The number of carbonyl (C=O) groups is 1. The molecule has 0 spiro atoms. The van der Waals surface area contributed by atoms with Gasteiger partial charge in [0.1, 0.15) is 0 Å². The molecule has 0 fully saturated rings. The summed E-state index contributed by atoms with van der Waals surface area (Å²) in [5.74, 6) is 5.33. The van der Waals surface area contributed by atoms with E-state index < -0.39 is 0 Å². The van der Waals surface area contributed by atoms with Crippen molar-refractivity contribution in [1.82, 2.24) is 4.98 Å². The molecule has 1 heterocycles. The molecular formula is C13H10ClN3OS. The summed E-state index contributed by atoms with van der Waals surface area (Å²) in [7, 11) is 0. The maximum Gasteiger partial charge on any atom is 0.257 e. The second-order valence-corrected chi connectivity index (χ2v) is 4.97. The van der Waals surface area contributed by atoms with Crippen LogP contribution in [0.5, 0.6) is 0 Å². The number of anilines is 1. The number of rotatable bonds is 2. The third-order valence-corrected chi connectivity index (χ3v) is 3.19. The molecule has 0 unspecified atom stereocenters. The number of aromatic nitrogens is 1. The quantitative estimate of drug-likeness (QED) is 0.835. The lowest BCUT2D eigenvalue weighted by Crippen LogP contribution is -2.11. The number of amides is 1. The molecule has 1 aromatic carbocycles. The minimum Gasteiger partial charge on any atom is -0.320 e. The molecule has 0 radical (unpaired) electrons. The van der Waals surface area contributed by atoms with E-state index in [1.54, 1.807) is 30.5 Å². The van der Waals surface area contributed by atoms with Crippen LogP contribution in [0.3, 0.4) is 0 Å². The molecule has 96 valence electrons. The van der Waals surface area contributed by atoms with E-state index in [1.807, 2.05) is 0 Å². The molecule has 0 saturated carbocycles. The second kappa shape index (κ2) is 6.34. The molecule has 0 bridgehead atoms. The molecule has 19 heavy (non-hydrogen) atoms. The van der Waals surface area contributed by atoms with Gasteiger partial charge in [0.2, 0.25) is 0 Å². The smallest absolute Gasteiger partial charge is 0.257 e. The van der Waals surface area contributed by atoms with Crippen LogP contribution >= 0.6 is 22.9 Å². The molecule has 1 amide bonds. The van der Waals surface area contributed by atoms with Crippen LogP contribution in [0.4, 0.5) is 5.13 Å². The van der Waals surface area contributed by atoms with Gasteiger partial charge in [-0.2, -0.15) is 0 Å². The fraction of sp³-hybridized carbons (Fsp3) is 0.0769. The Morgan fingerprint density at radius 1 is 1.53 bits per heavy atom. The number of thiazole rings is 1. The molecule has 0 aliphatic rings. The Morgan fingerprint density at radius 3 is 3.11 bits per heavy atom. The van der Waals surface area contributed by atoms with Crippen LogP contribution in [0, 0.1) is 11.8 Å². The monoisotopic (exact) mass is 291 g/mol. The van der Waals surface area contributed by atoms with Crippen LogP contribution in [0.15, 0.2) is 30.5 Å². The predicted octanol–water partition coefficient (Wildman–Crippen LogP) is 2.36. The van der Waals surface area contributed by atoms with Gasteiger partial charge in [-0.1, -0.05) is 40.8 Å². The van der Waals surface area contributed by atoms with Crippen molar-refractivity contribution in [3.63, 3.8) is 0 Å². The van der Waals surface area contributed by atoms with Crippen molar-refractivity contribution < 1.29 is 4.79 Å². The first-order valence-corrected chi connectivity index (χ1v) is 6.60. The summed E-state index contributed by atoms with van der Waals surface area (Å²) in [6.45, 7) is 0.294. The number of carbonyl (C=O) groups excluding carboxylic acids is 1. The summed E-state index contributed by atoms with van der Waals surface area (Å²) in [5, 5.41) is 3.70. The zero-order chi connectivity index (χ0) is 13.7. The van der Waals surface area contributed by atoms with E-state index in [1.165, 1.54) is 11.3 Å². The van der Waals surface area contributed by atoms with E-state index in [-0.39, 0.29) is 5.91 Å². The number of benzene rings is 1. The summed E-state index contributed by atoms with van der Waals surface area (Å²) in [6.07, 6.45) is 1.60. The lowest BCUT2D eigenvalue weighted by molar-refractivity contribution is 0.102. The Morgan fingerprint density at radius 2 is 2.37 bits per heavy atom. The number of hydrogen-bond donors (Lipinski definition) is 2. The highest BCUT2D eigenvalue weighted by molar-refractivity contribution is 7.16. The van der Waals surface area contributed by atoms with Crippen LogP contribution < -0.4 is 11.1 Å². The van der Waals surface area contributed by atoms with E-state index in [4.69, 9.17) is 17.3 Å². The Labute approximate surface area is 119 Å². The number of hydrogen-bond acceptors (Lipinski definition) is 4. The van der Waals surface area contributed by atoms with Gasteiger partial charge in [0.05, 0.1) is 17.6 Å². The predicted molar refractivity (Wildman–Crippen MR) is 77.5 cm³/mol. The molecule has 0 atom stereocenters. The van der Waals surface area contributed by atoms with Crippen molar-refractivity contribution in [3.8, 4) is 11.8 Å². The third-order valence-electron chi connectivity index (χ3n) is 2.13. The van der Waals surface area contributed by atoms with E-state index in [0.717, 1.165) is 4.88 Å². The molecule has 2 aromatic rings. The van der Waals surface area contributed by atoms with Gasteiger partial charge in [0, 0.05) is 10.6 Å². The van der Waals surface area contributed by atoms with Crippen molar-refractivity contribution in [2.24, 2.45) is 5.73 Å². The van der Waals surface area contributed by atoms with Crippen molar-refractivity contribution in [2.75, 3.05) is 11.9 Å². The lowest BCUT2D eigenvalue weighted by atomic mass is 10.2. The first kappa shape index (κ1) is 13.6. The maximum atomic E-state index is 11.9. The van der Waals surface area contributed by atoms with Gasteiger partial charge >= 0.3 is 0 Å². The minimum absolute atomic E-state index is 0.254. The zero-order valence-electron chi connectivity index (χ0n) is 9.81. The lowest BCUT2D eigenvalue weighted by Gasteiger charge is -2.01. The Bertz CT molecular complexity index is 657. The first-order valence-electron chi connectivity index (χ1n) is 5.41. The van der Waals surface area contributed by atoms with Gasteiger partial charge in [-0.3, -0.25) is 10.1 Å². The van der Waals surface area contributed by atoms with Crippen LogP contribution in [0.25, 0.3) is 0 Å². The zero-order valence-corrected chi connectivity index (χ0v) is 11.4. The van der Waals surface area contributed by atoms with Gasteiger partial charge < -0.3 is 5.73 Å². The Balaban J connectivity index is 2.09.